The predicted octanol–water partition coefficient (Wildman–Crippen LogP) is 4.93. The number of aromatic nitrogens is 2. The summed E-state index contributed by atoms with van der Waals surface area (Å²) in [6.45, 7) is 5.78. The molecule has 0 aliphatic carbocycles. The number of halogens is 2. The number of benzene rings is 2. The smallest absolute Gasteiger partial charge is 0.258 e. The predicted molar refractivity (Wildman–Crippen MR) is 115 cm³/mol. The first-order valence-electron chi connectivity index (χ1n) is 9.71. The summed E-state index contributed by atoms with van der Waals surface area (Å²) in [5.41, 5.74) is 2.41. The molecule has 0 fully saturated rings. The topological polar surface area (TPSA) is 56.1 Å². The van der Waals surface area contributed by atoms with Crippen molar-refractivity contribution < 1.29 is 13.9 Å². The van der Waals surface area contributed by atoms with Crippen molar-refractivity contribution in [2.24, 2.45) is 7.05 Å². The Labute approximate surface area is 180 Å². The Kier molecular flexibility index (Phi) is 6.77. The molecular weight excluding hydrogens is 405 g/mol. The van der Waals surface area contributed by atoms with E-state index in [1.807, 2.05) is 40.0 Å². The molecule has 0 spiro atoms. The van der Waals surface area contributed by atoms with Crippen LogP contribution in [0.25, 0.3) is 0 Å². The molecule has 5 nitrogen and oxygen atoms in total. The maximum absolute atomic E-state index is 13.8. The minimum absolute atomic E-state index is 0.184. The van der Waals surface area contributed by atoms with Gasteiger partial charge < -0.3 is 14.6 Å². The third-order valence-corrected chi connectivity index (χ3v) is 5.28. The monoisotopic (exact) mass is 429 g/mol. The molecule has 3 rings (SSSR count). The Morgan fingerprint density at radius 1 is 1.30 bits per heavy atom. The van der Waals surface area contributed by atoms with E-state index in [2.05, 4.69) is 10.3 Å². The van der Waals surface area contributed by atoms with Crippen molar-refractivity contribution in [3.8, 4) is 5.75 Å². The lowest BCUT2D eigenvalue weighted by Crippen LogP contribution is -2.34. The average molecular weight is 430 g/mol. The highest BCUT2D eigenvalue weighted by molar-refractivity contribution is 6.31. The van der Waals surface area contributed by atoms with E-state index in [4.69, 9.17) is 16.3 Å². The summed E-state index contributed by atoms with van der Waals surface area (Å²) in [7, 11) is 1.82. The standard InChI is InChI=1S/C23H25ClFN3O2/c1-14(2)18-12-19(24)15(3)10-20(18)30-13-21(29)27-22(23-26-8-9-28(23)4)16-6-5-7-17(25)11-16/h5-12,14,22H,13H2,1-4H3,(H,27,29). The Morgan fingerprint density at radius 3 is 2.70 bits per heavy atom. The van der Waals surface area contributed by atoms with E-state index in [1.54, 1.807) is 29.1 Å². The van der Waals surface area contributed by atoms with Crippen LogP contribution in [0.3, 0.4) is 0 Å². The van der Waals surface area contributed by atoms with Crippen LogP contribution in [0.4, 0.5) is 4.39 Å². The Balaban J connectivity index is 1.79. The third-order valence-electron chi connectivity index (χ3n) is 4.88. The molecule has 1 unspecified atom stereocenters. The normalized spacial score (nSPS) is 12.1. The number of amides is 1. The summed E-state index contributed by atoms with van der Waals surface area (Å²) in [6, 6.07) is 9.22. The van der Waals surface area contributed by atoms with Crippen LogP contribution in [0, 0.1) is 12.7 Å². The second-order valence-electron chi connectivity index (χ2n) is 7.53. The summed E-state index contributed by atoms with van der Waals surface area (Å²) in [4.78, 5) is 17.1. The Bertz CT molecular complexity index is 1050. The van der Waals surface area contributed by atoms with Crippen molar-refractivity contribution in [1.29, 1.82) is 0 Å². The van der Waals surface area contributed by atoms with Gasteiger partial charge in [-0.25, -0.2) is 9.37 Å². The molecule has 1 atom stereocenters. The molecule has 0 radical (unpaired) electrons. The van der Waals surface area contributed by atoms with Gasteiger partial charge in [-0.3, -0.25) is 4.79 Å². The van der Waals surface area contributed by atoms with E-state index < -0.39 is 6.04 Å². The molecule has 1 amide bonds. The lowest BCUT2D eigenvalue weighted by Gasteiger charge is -2.20. The maximum atomic E-state index is 13.8. The van der Waals surface area contributed by atoms with Crippen molar-refractivity contribution in [2.45, 2.75) is 32.7 Å². The van der Waals surface area contributed by atoms with Crippen LogP contribution >= 0.6 is 11.6 Å². The largest absolute Gasteiger partial charge is 0.483 e. The van der Waals surface area contributed by atoms with E-state index in [1.165, 1.54) is 12.1 Å². The number of hydrogen-bond acceptors (Lipinski definition) is 3. The second kappa shape index (κ2) is 9.30. The number of hydrogen-bond donors (Lipinski definition) is 1. The Hall–Kier alpha value is -2.86. The lowest BCUT2D eigenvalue weighted by molar-refractivity contribution is -0.123. The van der Waals surface area contributed by atoms with Gasteiger partial charge in [-0.1, -0.05) is 37.6 Å². The van der Waals surface area contributed by atoms with E-state index in [0.717, 1.165) is 11.1 Å². The second-order valence-corrected chi connectivity index (χ2v) is 7.94. The van der Waals surface area contributed by atoms with E-state index in [-0.39, 0.29) is 24.2 Å². The minimum atomic E-state index is -0.603. The van der Waals surface area contributed by atoms with Crippen molar-refractivity contribution >= 4 is 17.5 Å². The van der Waals surface area contributed by atoms with Crippen LogP contribution in [0.15, 0.2) is 48.8 Å². The maximum Gasteiger partial charge on any atom is 0.258 e. The van der Waals surface area contributed by atoms with Crippen LogP contribution in [-0.4, -0.2) is 22.1 Å². The van der Waals surface area contributed by atoms with Crippen LogP contribution < -0.4 is 10.1 Å². The number of carbonyl (C=O) groups excluding carboxylic acids is 1. The summed E-state index contributed by atoms with van der Waals surface area (Å²) in [6.07, 6.45) is 3.41. The fraction of sp³-hybridized carbons (Fsp3) is 0.304. The molecule has 1 N–H and O–H groups in total. The highest BCUT2D eigenvalue weighted by atomic mass is 35.5. The first-order valence-corrected chi connectivity index (χ1v) is 10.1. The quantitative estimate of drug-likeness (QED) is 0.579. The van der Waals surface area contributed by atoms with E-state index >= 15 is 0 Å². The molecule has 7 heteroatoms. The van der Waals surface area contributed by atoms with Crippen LogP contribution in [0.2, 0.25) is 5.02 Å². The van der Waals surface area contributed by atoms with Crippen LogP contribution in [-0.2, 0) is 11.8 Å². The van der Waals surface area contributed by atoms with Gasteiger partial charge in [-0.15, -0.1) is 0 Å². The molecule has 1 heterocycles. The van der Waals surface area contributed by atoms with Gasteiger partial charge >= 0.3 is 0 Å². The summed E-state index contributed by atoms with van der Waals surface area (Å²) in [5, 5.41) is 3.57. The molecule has 0 aliphatic heterocycles. The number of nitrogens with one attached hydrogen (secondary N) is 1. The summed E-state index contributed by atoms with van der Waals surface area (Å²) in [5.74, 6) is 0.694. The zero-order chi connectivity index (χ0) is 21.8. The molecular formula is C23H25ClFN3O2. The molecule has 30 heavy (non-hydrogen) atoms. The summed E-state index contributed by atoms with van der Waals surface area (Å²) < 4.78 is 21.4. The molecule has 3 aromatic rings. The SMILES string of the molecule is Cc1cc(OCC(=O)NC(c2cccc(F)c2)c2nccn2C)c(C(C)C)cc1Cl. The van der Waals surface area contributed by atoms with Gasteiger partial charge in [-0.2, -0.15) is 0 Å². The first-order chi connectivity index (χ1) is 14.3. The molecule has 0 saturated carbocycles. The molecule has 0 aliphatic rings. The number of rotatable bonds is 7. The van der Waals surface area contributed by atoms with E-state index in [0.29, 0.717) is 22.2 Å². The first kappa shape index (κ1) is 21.8. The fourth-order valence-electron chi connectivity index (χ4n) is 3.23. The average Bonchev–Trinajstić information content (AvgIpc) is 3.12. The number of aryl methyl sites for hydroxylation is 2. The van der Waals surface area contributed by atoms with Gasteiger partial charge in [0.05, 0.1) is 0 Å². The van der Waals surface area contributed by atoms with Gasteiger partial charge in [0, 0.05) is 24.5 Å². The van der Waals surface area contributed by atoms with Gasteiger partial charge in [0.2, 0.25) is 0 Å². The number of carbonyl (C=O) groups is 1. The lowest BCUT2D eigenvalue weighted by atomic mass is 10.0. The van der Waals surface area contributed by atoms with Crippen molar-refractivity contribution in [3.63, 3.8) is 0 Å². The highest BCUT2D eigenvalue weighted by Gasteiger charge is 2.22. The van der Waals surface area contributed by atoms with Crippen molar-refractivity contribution in [3.05, 3.63) is 82.1 Å². The number of nitrogens with zero attached hydrogens (tertiary/aromatic N) is 2. The van der Waals surface area contributed by atoms with Crippen molar-refractivity contribution in [1.82, 2.24) is 14.9 Å². The van der Waals surface area contributed by atoms with Crippen LogP contribution in [0.5, 0.6) is 5.75 Å². The molecule has 1 aromatic heterocycles. The van der Waals surface area contributed by atoms with Gasteiger partial charge in [0.1, 0.15) is 23.4 Å². The fourth-order valence-corrected chi connectivity index (χ4v) is 3.40. The van der Waals surface area contributed by atoms with Gasteiger partial charge in [0.15, 0.2) is 6.61 Å². The van der Waals surface area contributed by atoms with Crippen molar-refractivity contribution in [2.75, 3.05) is 6.61 Å². The highest BCUT2D eigenvalue weighted by Crippen LogP contribution is 2.32. The zero-order valence-corrected chi connectivity index (χ0v) is 18.2. The Morgan fingerprint density at radius 2 is 2.07 bits per heavy atom. The minimum Gasteiger partial charge on any atom is -0.483 e. The zero-order valence-electron chi connectivity index (χ0n) is 17.4. The third kappa shape index (κ3) is 5.00. The van der Waals surface area contributed by atoms with Gasteiger partial charge in [-0.05, 0) is 53.8 Å². The summed E-state index contributed by atoms with van der Waals surface area (Å²) >= 11 is 6.24. The van der Waals surface area contributed by atoms with Gasteiger partial charge in [0.25, 0.3) is 5.91 Å². The molecule has 0 bridgehead atoms. The number of imidazole rings is 1. The van der Waals surface area contributed by atoms with E-state index in [9.17, 15) is 9.18 Å². The van der Waals surface area contributed by atoms with Crippen LogP contribution in [0.1, 0.15) is 48.3 Å². The molecule has 158 valence electrons. The molecule has 0 saturated heterocycles. The number of ether oxygens (including phenoxy) is 1. The molecule has 2 aromatic carbocycles.